The van der Waals surface area contributed by atoms with Gasteiger partial charge < -0.3 is 10.5 Å². The maximum absolute atomic E-state index is 5.96. The number of nitrogens with zero attached hydrogens (tertiary/aromatic N) is 1. The van der Waals surface area contributed by atoms with Crippen LogP contribution in [0.15, 0.2) is 18.2 Å². The van der Waals surface area contributed by atoms with E-state index in [-0.39, 0.29) is 0 Å². The molecule has 1 heterocycles. The van der Waals surface area contributed by atoms with E-state index in [1.807, 2.05) is 39.0 Å². The highest BCUT2D eigenvalue weighted by Gasteiger charge is 2.10. The number of aromatic nitrogens is 2. The molecule has 0 aliphatic heterocycles. The molecule has 0 unspecified atom stereocenters. The highest BCUT2D eigenvalue weighted by atomic mass is 16.5. The minimum Gasteiger partial charge on any atom is -0.494 e. The first-order chi connectivity index (χ1) is 8.13. The standard InChI is InChI=1S/C13H17N3O/c1-4-17-11-6-5-10(7-8(11)2)13-12(14)9(3)15-16-13/h5-7H,4,14H2,1-3H3,(H,15,16). The smallest absolute Gasteiger partial charge is 0.122 e. The second kappa shape index (κ2) is 4.49. The SMILES string of the molecule is CCOc1ccc(-c2n[nH]c(C)c2N)cc1C. The van der Waals surface area contributed by atoms with Crippen molar-refractivity contribution in [2.45, 2.75) is 20.8 Å². The van der Waals surface area contributed by atoms with Gasteiger partial charge in [0, 0.05) is 5.56 Å². The number of hydrogen-bond donors (Lipinski definition) is 2. The number of nitrogens with two attached hydrogens (primary N) is 1. The van der Waals surface area contributed by atoms with Crippen LogP contribution in [0.2, 0.25) is 0 Å². The van der Waals surface area contributed by atoms with Crippen molar-refractivity contribution in [3.63, 3.8) is 0 Å². The Morgan fingerprint density at radius 2 is 2.12 bits per heavy atom. The Balaban J connectivity index is 2.41. The zero-order valence-corrected chi connectivity index (χ0v) is 10.4. The molecule has 0 saturated heterocycles. The van der Waals surface area contributed by atoms with Crippen molar-refractivity contribution in [3.8, 4) is 17.0 Å². The van der Waals surface area contributed by atoms with Gasteiger partial charge in [-0.15, -0.1) is 0 Å². The second-order valence-corrected chi connectivity index (χ2v) is 4.02. The molecule has 0 aliphatic carbocycles. The van der Waals surface area contributed by atoms with Crippen LogP contribution in [0.25, 0.3) is 11.3 Å². The molecule has 1 aromatic carbocycles. The number of aryl methyl sites for hydroxylation is 2. The summed E-state index contributed by atoms with van der Waals surface area (Å²) in [6.07, 6.45) is 0. The fourth-order valence-electron chi connectivity index (χ4n) is 1.77. The monoisotopic (exact) mass is 231 g/mol. The van der Waals surface area contributed by atoms with Gasteiger partial charge in [0.2, 0.25) is 0 Å². The highest BCUT2D eigenvalue weighted by Crippen LogP contribution is 2.29. The Labute approximate surface area is 101 Å². The van der Waals surface area contributed by atoms with E-state index < -0.39 is 0 Å². The Hall–Kier alpha value is -1.97. The number of ether oxygens (including phenoxy) is 1. The van der Waals surface area contributed by atoms with Crippen LogP contribution >= 0.6 is 0 Å². The molecule has 4 heteroatoms. The Morgan fingerprint density at radius 3 is 2.65 bits per heavy atom. The number of nitrogens with one attached hydrogen (secondary N) is 1. The van der Waals surface area contributed by atoms with Crippen LogP contribution in [0.3, 0.4) is 0 Å². The van der Waals surface area contributed by atoms with Crippen molar-refractivity contribution in [1.29, 1.82) is 0 Å². The maximum atomic E-state index is 5.96. The van der Waals surface area contributed by atoms with E-state index in [1.54, 1.807) is 0 Å². The lowest BCUT2D eigenvalue weighted by molar-refractivity contribution is 0.338. The summed E-state index contributed by atoms with van der Waals surface area (Å²) < 4.78 is 5.50. The van der Waals surface area contributed by atoms with Crippen LogP contribution in [0.1, 0.15) is 18.2 Å². The van der Waals surface area contributed by atoms with Gasteiger partial charge in [-0.2, -0.15) is 5.10 Å². The molecule has 2 aromatic rings. The van der Waals surface area contributed by atoms with E-state index in [1.165, 1.54) is 0 Å². The molecule has 0 atom stereocenters. The fraction of sp³-hybridized carbons (Fsp3) is 0.308. The van der Waals surface area contributed by atoms with Crippen molar-refractivity contribution in [2.75, 3.05) is 12.3 Å². The summed E-state index contributed by atoms with van der Waals surface area (Å²) in [5, 5.41) is 7.10. The third-order valence-electron chi connectivity index (χ3n) is 2.74. The molecule has 0 amide bonds. The zero-order valence-electron chi connectivity index (χ0n) is 10.4. The molecule has 0 saturated carbocycles. The fourth-order valence-corrected chi connectivity index (χ4v) is 1.77. The third-order valence-corrected chi connectivity index (χ3v) is 2.74. The van der Waals surface area contributed by atoms with Gasteiger partial charge in [0.15, 0.2) is 0 Å². The summed E-state index contributed by atoms with van der Waals surface area (Å²) in [4.78, 5) is 0. The van der Waals surface area contributed by atoms with Gasteiger partial charge in [-0.05, 0) is 44.5 Å². The molecule has 2 rings (SSSR count). The molecule has 4 nitrogen and oxygen atoms in total. The Morgan fingerprint density at radius 1 is 1.35 bits per heavy atom. The van der Waals surface area contributed by atoms with E-state index in [0.717, 1.165) is 28.3 Å². The Bertz CT molecular complexity index is 531. The van der Waals surface area contributed by atoms with Gasteiger partial charge >= 0.3 is 0 Å². The predicted molar refractivity (Wildman–Crippen MR) is 69.1 cm³/mol. The molecular formula is C13H17N3O. The summed E-state index contributed by atoms with van der Waals surface area (Å²) in [6, 6.07) is 5.97. The van der Waals surface area contributed by atoms with E-state index in [0.29, 0.717) is 12.3 Å². The molecule has 17 heavy (non-hydrogen) atoms. The van der Waals surface area contributed by atoms with Crippen LogP contribution in [0.4, 0.5) is 5.69 Å². The van der Waals surface area contributed by atoms with Crippen LogP contribution < -0.4 is 10.5 Å². The lowest BCUT2D eigenvalue weighted by Crippen LogP contribution is -1.95. The molecule has 1 aromatic heterocycles. The summed E-state index contributed by atoms with van der Waals surface area (Å²) in [5.41, 5.74) is 10.4. The first-order valence-electron chi connectivity index (χ1n) is 5.67. The first kappa shape index (κ1) is 11.5. The summed E-state index contributed by atoms with van der Waals surface area (Å²) in [7, 11) is 0. The third kappa shape index (κ3) is 2.11. The van der Waals surface area contributed by atoms with Gasteiger partial charge in [-0.1, -0.05) is 0 Å². The number of rotatable bonds is 3. The lowest BCUT2D eigenvalue weighted by Gasteiger charge is -2.08. The molecule has 90 valence electrons. The molecule has 0 bridgehead atoms. The number of anilines is 1. The molecule has 0 fully saturated rings. The molecular weight excluding hydrogens is 214 g/mol. The van der Waals surface area contributed by atoms with Crippen molar-refractivity contribution in [3.05, 3.63) is 29.5 Å². The first-order valence-corrected chi connectivity index (χ1v) is 5.67. The number of benzene rings is 1. The van der Waals surface area contributed by atoms with Crippen LogP contribution in [0, 0.1) is 13.8 Å². The van der Waals surface area contributed by atoms with Gasteiger partial charge in [-0.3, -0.25) is 5.10 Å². The summed E-state index contributed by atoms with van der Waals surface area (Å²) >= 11 is 0. The normalized spacial score (nSPS) is 10.5. The van der Waals surface area contributed by atoms with E-state index >= 15 is 0 Å². The van der Waals surface area contributed by atoms with Crippen molar-refractivity contribution in [1.82, 2.24) is 10.2 Å². The van der Waals surface area contributed by atoms with E-state index in [4.69, 9.17) is 10.5 Å². The molecule has 3 N–H and O–H groups in total. The van der Waals surface area contributed by atoms with Crippen LogP contribution in [0.5, 0.6) is 5.75 Å². The Kier molecular flexibility index (Phi) is 3.04. The van der Waals surface area contributed by atoms with Crippen molar-refractivity contribution >= 4 is 5.69 Å². The molecule has 0 radical (unpaired) electrons. The van der Waals surface area contributed by atoms with E-state index in [9.17, 15) is 0 Å². The second-order valence-electron chi connectivity index (χ2n) is 4.02. The minimum absolute atomic E-state index is 0.670. The molecule has 0 aliphatic rings. The topological polar surface area (TPSA) is 63.9 Å². The predicted octanol–water partition coefficient (Wildman–Crippen LogP) is 2.67. The quantitative estimate of drug-likeness (QED) is 0.853. The average Bonchev–Trinajstić information content (AvgIpc) is 2.63. The van der Waals surface area contributed by atoms with Crippen LogP contribution in [-0.4, -0.2) is 16.8 Å². The highest BCUT2D eigenvalue weighted by molar-refractivity contribution is 5.74. The van der Waals surface area contributed by atoms with Crippen molar-refractivity contribution in [2.24, 2.45) is 0 Å². The summed E-state index contributed by atoms with van der Waals surface area (Å²) in [5.74, 6) is 0.905. The van der Waals surface area contributed by atoms with Gasteiger partial charge in [0.1, 0.15) is 11.4 Å². The lowest BCUT2D eigenvalue weighted by atomic mass is 10.1. The number of hydrogen-bond acceptors (Lipinski definition) is 3. The number of nitrogen functional groups attached to an aromatic ring is 1. The van der Waals surface area contributed by atoms with Gasteiger partial charge in [-0.25, -0.2) is 0 Å². The van der Waals surface area contributed by atoms with Crippen molar-refractivity contribution < 1.29 is 4.74 Å². The largest absolute Gasteiger partial charge is 0.494 e. The minimum atomic E-state index is 0.670. The number of aromatic amines is 1. The van der Waals surface area contributed by atoms with Crippen LogP contribution in [-0.2, 0) is 0 Å². The van der Waals surface area contributed by atoms with Gasteiger partial charge in [0.25, 0.3) is 0 Å². The summed E-state index contributed by atoms with van der Waals surface area (Å²) in [6.45, 7) is 6.57. The number of H-pyrrole nitrogens is 1. The van der Waals surface area contributed by atoms with Gasteiger partial charge in [0.05, 0.1) is 18.0 Å². The zero-order chi connectivity index (χ0) is 12.4. The molecule has 0 spiro atoms. The maximum Gasteiger partial charge on any atom is 0.122 e. The van der Waals surface area contributed by atoms with E-state index in [2.05, 4.69) is 10.2 Å². The average molecular weight is 231 g/mol.